The normalized spacial score (nSPS) is 11.3. The molecule has 0 aliphatic carbocycles. The van der Waals surface area contributed by atoms with Gasteiger partial charge in [0, 0.05) is 5.02 Å². The lowest BCUT2D eigenvalue weighted by atomic mass is 10.2. The molecular weight excluding hydrogens is 408 g/mol. The van der Waals surface area contributed by atoms with Crippen LogP contribution >= 0.6 is 11.6 Å². The van der Waals surface area contributed by atoms with Gasteiger partial charge >= 0.3 is 0 Å². The zero-order valence-corrected chi connectivity index (χ0v) is 16.3. The molecule has 3 rings (SSSR count). The molecule has 0 heterocycles. The summed E-state index contributed by atoms with van der Waals surface area (Å²) >= 11 is 5.87. The van der Waals surface area contributed by atoms with Crippen LogP contribution in [0, 0.1) is 11.6 Å². The molecule has 3 aromatic carbocycles. The number of hydrogen-bond acceptors (Lipinski definition) is 3. The number of rotatable bonds is 6. The monoisotopic (exact) mass is 423 g/mol. The van der Waals surface area contributed by atoms with Gasteiger partial charge in [-0.05, 0) is 54.1 Å². The summed E-state index contributed by atoms with van der Waals surface area (Å²) in [7, 11) is -2.89. The van der Waals surface area contributed by atoms with E-state index in [9.17, 15) is 17.2 Å². The van der Waals surface area contributed by atoms with E-state index in [-0.39, 0.29) is 17.3 Å². The molecule has 3 aromatic rings. The second kappa shape index (κ2) is 8.16. The Morgan fingerprint density at radius 2 is 1.75 bits per heavy atom. The van der Waals surface area contributed by atoms with Gasteiger partial charge in [0.25, 0.3) is 10.0 Å². The Morgan fingerprint density at radius 3 is 2.46 bits per heavy atom. The van der Waals surface area contributed by atoms with Crippen molar-refractivity contribution in [1.82, 2.24) is 0 Å². The second-order valence-corrected chi connectivity index (χ2v) is 8.18. The van der Waals surface area contributed by atoms with Gasteiger partial charge in [0.15, 0.2) is 0 Å². The van der Waals surface area contributed by atoms with E-state index in [0.29, 0.717) is 11.3 Å². The molecule has 0 N–H and O–H groups in total. The lowest BCUT2D eigenvalue weighted by molar-refractivity contribution is 0.414. The number of nitrogens with zero attached hydrogens (tertiary/aromatic N) is 1. The van der Waals surface area contributed by atoms with E-state index in [1.165, 1.54) is 31.4 Å². The first-order chi connectivity index (χ1) is 13.3. The van der Waals surface area contributed by atoms with Gasteiger partial charge < -0.3 is 4.74 Å². The minimum atomic E-state index is -4.38. The Bertz CT molecular complexity index is 1110. The minimum absolute atomic E-state index is 0.0576. The Morgan fingerprint density at radius 1 is 1.00 bits per heavy atom. The molecule has 0 radical (unpaired) electrons. The third-order valence-corrected chi connectivity index (χ3v) is 6.04. The van der Waals surface area contributed by atoms with Gasteiger partial charge in [0.05, 0.1) is 19.3 Å². The molecule has 0 atom stereocenters. The van der Waals surface area contributed by atoms with Crippen molar-refractivity contribution < 1.29 is 21.9 Å². The summed E-state index contributed by atoms with van der Waals surface area (Å²) in [5.74, 6) is -1.03. The smallest absolute Gasteiger partial charge is 0.267 e. The summed E-state index contributed by atoms with van der Waals surface area (Å²) in [6.07, 6.45) is 0. The highest BCUT2D eigenvalue weighted by Crippen LogP contribution is 2.30. The van der Waals surface area contributed by atoms with Gasteiger partial charge in [0.1, 0.15) is 22.3 Å². The highest BCUT2D eigenvalue weighted by atomic mass is 35.5. The van der Waals surface area contributed by atoms with Gasteiger partial charge in [-0.3, -0.25) is 4.31 Å². The number of halogens is 3. The van der Waals surface area contributed by atoms with Crippen molar-refractivity contribution in [2.45, 2.75) is 11.4 Å². The average molecular weight is 424 g/mol. The third kappa shape index (κ3) is 4.26. The number of ether oxygens (including phenoxy) is 1. The molecule has 0 unspecified atom stereocenters. The molecule has 0 aliphatic rings. The molecular formula is C20H16ClF2NO3S. The third-order valence-electron chi connectivity index (χ3n) is 4.02. The Kier molecular flexibility index (Phi) is 5.86. The summed E-state index contributed by atoms with van der Waals surface area (Å²) in [5.41, 5.74) is 0.636. The SMILES string of the molecule is COc1cccc(CN(c2cccc(F)c2)S(=O)(=O)c2cc(Cl)ccc2F)c1. The van der Waals surface area contributed by atoms with Crippen molar-refractivity contribution in [3.8, 4) is 5.75 Å². The number of methoxy groups -OCH3 is 1. The zero-order chi connectivity index (χ0) is 20.3. The maximum atomic E-state index is 14.3. The molecule has 4 nitrogen and oxygen atoms in total. The first-order valence-corrected chi connectivity index (χ1v) is 9.99. The fraction of sp³-hybridized carbons (Fsp3) is 0.100. The lowest BCUT2D eigenvalue weighted by Crippen LogP contribution is -2.31. The average Bonchev–Trinajstić information content (AvgIpc) is 2.68. The van der Waals surface area contributed by atoms with Crippen LogP contribution in [0.1, 0.15) is 5.56 Å². The van der Waals surface area contributed by atoms with Crippen LogP contribution in [-0.4, -0.2) is 15.5 Å². The van der Waals surface area contributed by atoms with Crippen LogP contribution in [0.15, 0.2) is 71.6 Å². The minimum Gasteiger partial charge on any atom is -0.497 e. The van der Waals surface area contributed by atoms with Crippen LogP contribution in [0.5, 0.6) is 5.75 Å². The summed E-state index contributed by atoms with van der Waals surface area (Å²) in [6, 6.07) is 15.1. The van der Waals surface area contributed by atoms with Crippen molar-refractivity contribution in [2.75, 3.05) is 11.4 Å². The topological polar surface area (TPSA) is 46.6 Å². The highest BCUT2D eigenvalue weighted by Gasteiger charge is 2.29. The first kappa shape index (κ1) is 20.1. The quantitative estimate of drug-likeness (QED) is 0.559. The fourth-order valence-corrected chi connectivity index (χ4v) is 4.45. The van der Waals surface area contributed by atoms with E-state index in [0.717, 1.165) is 22.5 Å². The van der Waals surface area contributed by atoms with Crippen molar-refractivity contribution in [3.05, 3.63) is 89.0 Å². The predicted octanol–water partition coefficient (Wildman–Crippen LogP) is 5.02. The molecule has 0 bridgehead atoms. The number of hydrogen-bond donors (Lipinski definition) is 0. The van der Waals surface area contributed by atoms with Crippen molar-refractivity contribution in [2.24, 2.45) is 0 Å². The van der Waals surface area contributed by atoms with Crippen LogP contribution in [-0.2, 0) is 16.6 Å². The van der Waals surface area contributed by atoms with Gasteiger partial charge in [-0.25, -0.2) is 17.2 Å². The van der Waals surface area contributed by atoms with E-state index < -0.39 is 26.6 Å². The van der Waals surface area contributed by atoms with Crippen LogP contribution in [0.4, 0.5) is 14.5 Å². The van der Waals surface area contributed by atoms with Crippen molar-refractivity contribution in [3.63, 3.8) is 0 Å². The maximum Gasteiger partial charge on any atom is 0.267 e. The Hall–Kier alpha value is -2.64. The second-order valence-electron chi connectivity index (χ2n) is 5.92. The molecule has 0 fully saturated rings. The standard InChI is InChI=1S/C20H16ClF2NO3S/c1-27-18-7-2-4-14(10-18)13-24(17-6-3-5-16(22)12-17)28(25,26)20-11-15(21)8-9-19(20)23/h2-12H,13H2,1H3. The van der Waals surface area contributed by atoms with E-state index in [4.69, 9.17) is 16.3 Å². The molecule has 146 valence electrons. The van der Waals surface area contributed by atoms with E-state index >= 15 is 0 Å². The summed E-state index contributed by atoms with van der Waals surface area (Å²) in [5, 5.41) is 0.0700. The molecule has 0 amide bonds. The summed E-state index contributed by atoms with van der Waals surface area (Å²) in [4.78, 5) is -0.591. The van der Waals surface area contributed by atoms with E-state index in [1.807, 2.05) is 0 Å². The van der Waals surface area contributed by atoms with E-state index in [2.05, 4.69) is 0 Å². The Labute approximate surface area is 167 Å². The van der Waals surface area contributed by atoms with Crippen LogP contribution in [0.2, 0.25) is 5.02 Å². The molecule has 8 heteroatoms. The number of anilines is 1. The highest BCUT2D eigenvalue weighted by molar-refractivity contribution is 7.92. The van der Waals surface area contributed by atoms with Crippen molar-refractivity contribution >= 4 is 27.3 Å². The van der Waals surface area contributed by atoms with E-state index in [1.54, 1.807) is 24.3 Å². The van der Waals surface area contributed by atoms with Gasteiger partial charge in [-0.1, -0.05) is 29.8 Å². The number of benzene rings is 3. The molecule has 0 spiro atoms. The molecule has 28 heavy (non-hydrogen) atoms. The fourth-order valence-electron chi connectivity index (χ4n) is 2.68. The van der Waals surface area contributed by atoms with Gasteiger partial charge in [0.2, 0.25) is 0 Å². The summed E-state index contributed by atoms with van der Waals surface area (Å²) in [6.45, 7) is -0.158. The van der Waals surface area contributed by atoms with Crippen LogP contribution < -0.4 is 9.04 Å². The van der Waals surface area contributed by atoms with Crippen molar-refractivity contribution in [1.29, 1.82) is 0 Å². The lowest BCUT2D eigenvalue weighted by Gasteiger charge is -2.25. The molecule has 0 aliphatic heterocycles. The molecule has 0 saturated heterocycles. The molecule has 0 saturated carbocycles. The van der Waals surface area contributed by atoms with Crippen LogP contribution in [0.25, 0.3) is 0 Å². The Balaban J connectivity index is 2.14. The summed E-state index contributed by atoms with van der Waals surface area (Å²) < 4.78 is 60.7. The zero-order valence-electron chi connectivity index (χ0n) is 14.8. The largest absolute Gasteiger partial charge is 0.497 e. The van der Waals surface area contributed by atoms with Gasteiger partial charge in [-0.15, -0.1) is 0 Å². The predicted molar refractivity (Wildman–Crippen MR) is 104 cm³/mol. The van der Waals surface area contributed by atoms with Crippen LogP contribution in [0.3, 0.4) is 0 Å². The maximum absolute atomic E-state index is 14.3. The first-order valence-electron chi connectivity index (χ1n) is 8.17. The number of sulfonamides is 1. The molecule has 0 aromatic heterocycles. The van der Waals surface area contributed by atoms with Gasteiger partial charge in [-0.2, -0.15) is 0 Å².